The Kier molecular flexibility index (Phi) is 9.64. The summed E-state index contributed by atoms with van der Waals surface area (Å²) in [5, 5.41) is 0. The number of fused-ring (bicyclic) bond motifs is 1. The average Bonchev–Trinajstić information content (AvgIpc) is 3.16. The van der Waals surface area contributed by atoms with E-state index in [1.54, 1.807) is 6.92 Å². The summed E-state index contributed by atoms with van der Waals surface area (Å²) in [6, 6.07) is 0. The van der Waals surface area contributed by atoms with Gasteiger partial charge in [-0.3, -0.25) is 33.4 Å². The molecule has 0 aliphatic carbocycles. The van der Waals surface area contributed by atoms with E-state index in [4.69, 9.17) is 47.4 Å². The van der Waals surface area contributed by atoms with Gasteiger partial charge in [0.05, 0.1) is 12.2 Å². The van der Waals surface area contributed by atoms with Gasteiger partial charge in [0.15, 0.2) is 42.9 Å². The summed E-state index contributed by atoms with van der Waals surface area (Å²) in [6.07, 6.45) is -11.2. The van der Waals surface area contributed by atoms with Crippen molar-refractivity contribution < 1.29 is 71.3 Å². The van der Waals surface area contributed by atoms with Crippen LogP contribution >= 0.6 is 0 Å². The molecule has 3 aliphatic heterocycles. The molecule has 3 aliphatic rings. The van der Waals surface area contributed by atoms with E-state index in [9.17, 15) is 24.0 Å². The van der Waals surface area contributed by atoms with E-state index < -0.39 is 97.7 Å². The first-order chi connectivity index (χ1) is 17.8. The van der Waals surface area contributed by atoms with Gasteiger partial charge in [-0.1, -0.05) is 0 Å². The second-order valence-corrected chi connectivity index (χ2v) is 8.95. The molecular weight excluding hydrogens is 516 g/mol. The average molecular weight is 548 g/mol. The minimum atomic E-state index is -1.51. The van der Waals surface area contributed by atoms with Gasteiger partial charge in [0.25, 0.3) is 6.48 Å². The molecule has 11 atom stereocenters. The molecule has 0 saturated carbocycles. The van der Waals surface area contributed by atoms with Crippen molar-refractivity contribution in [3.05, 3.63) is 0 Å². The summed E-state index contributed by atoms with van der Waals surface area (Å²) in [5.74, 6) is -3.47. The predicted molar refractivity (Wildman–Crippen MR) is 117 cm³/mol. The van der Waals surface area contributed by atoms with Crippen LogP contribution in [-0.2, 0) is 71.3 Å². The zero-order chi connectivity index (χ0) is 28.3. The second kappa shape index (κ2) is 12.3. The zero-order valence-electron chi connectivity index (χ0n) is 22.0. The molecule has 0 radical (unpaired) electrons. The molecule has 214 valence electrons. The molecule has 0 N–H and O–H groups in total. The first kappa shape index (κ1) is 29.7. The van der Waals surface area contributed by atoms with Gasteiger partial charge in [-0.25, -0.2) is 0 Å². The maximum atomic E-state index is 11.9. The Morgan fingerprint density at radius 3 is 1.45 bits per heavy atom. The van der Waals surface area contributed by atoms with Gasteiger partial charge >= 0.3 is 29.8 Å². The Morgan fingerprint density at radius 1 is 0.500 bits per heavy atom. The summed E-state index contributed by atoms with van der Waals surface area (Å²) in [7, 11) is 0. The quantitative estimate of drug-likeness (QED) is 0.303. The van der Waals surface area contributed by atoms with Crippen molar-refractivity contribution in [2.75, 3.05) is 0 Å². The Morgan fingerprint density at radius 2 is 0.921 bits per heavy atom. The number of ether oxygens (including phenoxy) is 10. The normalized spacial score (nSPS) is 38.3. The highest BCUT2D eigenvalue weighted by Crippen LogP contribution is 2.37. The van der Waals surface area contributed by atoms with Crippen LogP contribution in [0.5, 0.6) is 0 Å². The summed E-state index contributed by atoms with van der Waals surface area (Å²) in [5.41, 5.74) is 0. The SMILES string of the molecule is CC(=O)O[C@@H]1[C@@H](OC(C)=O)[C@H](C)O[C@H](O[C@@H]2O[C@H]3O[C@@H](C)[C@H](OC(C)=O)[C@@H](OC(C)=O)[C@H]3O2)[C@@H]1OC(C)=O. The van der Waals surface area contributed by atoms with E-state index in [-0.39, 0.29) is 0 Å². The minimum Gasteiger partial charge on any atom is -0.456 e. The van der Waals surface area contributed by atoms with Crippen LogP contribution in [0.1, 0.15) is 48.5 Å². The van der Waals surface area contributed by atoms with Crippen molar-refractivity contribution in [1.29, 1.82) is 0 Å². The van der Waals surface area contributed by atoms with Crippen LogP contribution in [-0.4, -0.2) is 97.7 Å². The monoisotopic (exact) mass is 548 g/mol. The van der Waals surface area contributed by atoms with E-state index in [0.29, 0.717) is 0 Å². The van der Waals surface area contributed by atoms with E-state index in [1.165, 1.54) is 20.8 Å². The largest absolute Gasteiger partial charge is 0.456 e. The lowest BCUT2D eigenvalue weighted by Gasteiger charge is -2.43. The molecule has 0 unspecified atom stereocenters. The van der Waals surface area contributed by atoms with Crippen LogP contribution in [0.4, 0.5) is 0 Å². The van der Waals surface area contributed by atoms with Gasteiger partial charge in [0, 0.05) is 34.6 Å². The molecule has 38 heavy (non-hydrogen) atoms. The van der Waals surface area contributed by atoms with E-state index in [2.05, 4.69) is 0 Å². The first-order valence-corrected chi connectivity index (χ1v) is 11.9. The van der Waals surface area contributed by atoms with Gasteiger partial charge in [-0.2, -0.15) is 0 Å². The fourth-order valence-corrected chi connectivity index (χ4v) is 4.43. The molecule has 15 heteroatoms. The highest BCUT2D eigenvalue weighted by atomic mass is 16.9. The van der Waals surface area contributed by atoms with Gasteiger partial charge in [-0.05, 0) is 13.8 Å². The van der Waals surface area contributed by atoms with Crippen LogP contribution in [0.3, 0.4) is 0 Å². The van der Waals surface area contributed by atoms with Crippen molar-refractivity contribution >= 4 is 29.8 Å². The minimum absolute atomic E-state index is 0.625. The lowest BCUT2D eigenvalue weighted by Crippen LogP contribution is -2.61. The number of carbonyl (C=O) groups excluding carboxylic acids is 5. The molecule has 3 rings (SSSR count). The fraction of sp³-hybridized carbons (Fsp3) is 0.783. The molecule has 0 aromatic carbocycles. The summed E-state index contributed by atoms with van der Waals surface area (Å²) < 4.78 is 55.4. The van der Waals surface area contributed by atoms with Crippen LogP contribution in [0, 0.1) is 0 Å². The number of hydrogen-bond donors (Lipinski definition) is 0. The second-order valence-electron chi connectivity index (χ2n) is 8.95. The van der Waals surface area contributed by atoms with Crippen molar-refractivity contribution in [1.82, 2.24) is 0 Å². The molecule has 3 saturated heterocycles. The lowest BCUT2D eigenvalue weighted by atomic mass is 9.99. The zero-order valence-corrected chi connectivity index (χ0v) is 22.0. The molecule has 0 aromatic heterocycles. The van der Waals surface area contributed by atoms with Gasteiger partial charge in [0.2, 0.25) is 6.29 Å². The van der Waals surface area contributed by atoms with Crippen molar-refractivity contribution in [2.45, 2.75) is 116 Å². The fourth-order valence-electron chi connectivity index (χ4n) is 4.43. The molecule has 3 heterocycles. The smallest absolute Gasteiger partial charge is 0.303 e. The highest BCUT2D eigenvalue weighted by molar-refractivity contribution is 5.69. The number of rotatable bonds is 7. The van der Waals surface area contributed by atoms with E-state index >= 15 is 0 Å². The van der Waals surface area contributed by atoms with Crippen molar-refractivity contribution in [3.8, 4) is 0 Å². The predicted octanol–water partition coefficient (Wildman–Crippen LogP) is -0.150. The Labute approximate surface area is 218 Å². The Balaban J connectivity index is 1.83. The van der Waals surface area contributed by atoms with Crippen molar-refractivity contribution in [2.24, 2.45) is 0 Å². The number of carbonyl (C=O) groups is 5. The maximum Gasteiger partial charge on any atom is 0.303 e. The molecular formula is C23H32O15. The van der Waals surface area contributed by atoms with Crippen LogP contribution in [0.2, 0.25) is 0 Å². The molecule has 0 spiro atoms. The molecule has 3 fully saturated rings. The summed E-state index contributed by atoms with van der Waals surface area (Å²) in [6.45, 7) is 7.40. The van der Waals surface area contributed by atoms with Crippen molar-refractivity contribution in [3.63, 3.8) is 0 Å². The summed E-state index contributed by atoms with van der Waals surface area (Å²) >= 11 is 0. The maximum absolute atomic E-state index is 11.9. The molecule has 0 bridgehead atoms. The van der Waals surface area contributed by atoms with Crippen LogP contribution in [0.25, 0.3) is 0 Å². The lowest BCUT2D eigenvalue weighted by molar-refractivity contribution is -0.371. The first-order valence-electron chi connectivity index (χ1n) is 11.9. The van der Waals surface area contributed by atoms with Gasteiger partial charge in [-0.15, -0.1) is 0 Å². The molecule has 0 aromatic rings. The number of esters is 5. The Hall–Kier alpha value is -2.85. The number of hydrogen-bond acceptors (Lipinski definition) is 15. The van der Waals surface area contributed by atoms with Crippen LogP contribution in [0.15, 0.2) is 0 Å². The molecule has 0 amide bonds. The standard InChI is InChI=1S/C23H32O15/c1-8-15(31-10(3)24)17(33-12(5)26)19(35-14(7)28)21(29-8)37-23-36-20-18(34-13(6)27)16(32-11(4)25)9(2)30-22(20)38-23/h8-9,15-23H,1-7H3/t8-,9-,15-,16-,17+,18+,19+,20+,21+,22+,23+/m0/s1. The highest BCUT2D eigenvalue weighted by Gasteiger charge is 2.57. The third-order valence-corrected chi connectivity index (χ3v) is 5.72. The van der Waals surface area contributed by atoms with E-state index in [0.717, 1.165) is 20.8 Å². The third-order valence-electron chi connectivity index (χ3n) is 5.72. The Bertz CT molecular complexity index is 920. The van der Waals surface area contributed by atoms with Gasteiger partial charge < -0.3 is 37.9 Å². The third kappa shape index (κ3) is 7.17. The van der Waals surface area contributed by atoms with Gasteiger partial charge in [0.1, 0.15) is 0 Å². The topological polar surface area (TPSA) is 178 Å². The molecule has 15 nitrogen and oxygen atoms in total. The van der Waals surface area contributed by atoms with Crippen LogP contribution < -0.4 is 0 Å². The summed E-state index contributed by atoms with van der Waals surface area (Å²) in [4.78, 5) is 58.8. The van der Waals surface area contributed by atoms with E-state index in [1.807, 2.05) is 0 Å².